The molecule has 7 rings (SSSR count). The maximum absolute atomic E-state index is 13.0. The molecule has 0 bridgehead atoms. The summed E-state index contributed by atoms with van der Waals surface area (Å²) in [5.74, 6) is 0.290. The predicted octanol–water partition coefficient (Wildman–Crippen LogP) is 4.80. The van der Waals surface area contributed by atoms with Gasteiger partial charge in [0, 0.05) is 94.5 Å². The van der Waals surface area contributed by atoms with Gasteiger partial charge in [-0.15, -0.1) is 0 Å². The van der Waals surface area contributed by atoms with E-state index in [1.807, 2.05) is 24.4 Å². The van der Waals surface area contributed by atoms with Crippen molar-refractivity contribution in [1.82, 2.24) is 29.7 Å². The van der Waals surface area contributed by atoms with Crippen LogP contribution in [-0.4, -0.2) is 95.5 Å². The van der Waals surface area contributed by atoms with Crippen molar-refractivity contribution in [2.45, 2.75) is 44.6 Å². The van der Waals surface area contributed by atoms with Crippen LogP contribution in [0.1, 0.15) is 54.2 Å². The highest BCUT2D eigenvalue weighted by molar-refractivity contribution is 6.05. The standard InChI is InChI=1S/C36H43N9O3/c1-41(2)34(47)31-23-26-24-37-35(40-33(26)45(31)30-5-3-4-6-30)38-27-9-13-28(14-10-27)43-21-19-42(20-22-43)17-15-25-7-11-29(12-8-25)44-18-16-32(46)39-36(44)48/h7-14,23-24,30H,3-6,15-22H2,1-2H3,(H,37,38,40)(H,39,46,48). The Labute approximate surface area is 280 Å². The third-order valence-corrected chi connectivity index (χ3v) is 9.77. The van der Waals surface area contributed by atoms with E-state index in [0.717, 1.165) is 74.4 Å². The molecule has 12 nitrogen and oxygen atoms in total. The van der Waals surface area contributed by atoms with Gasteiger partial charge >= 0.3 is 6.03 Å². The average molecular weight is 650 g/mol. The summed E-state index contributed by atoms with van der Waals surface area (Å²) in [5, 5.41) is 6.64. The van der Waals surface area contributed by atoms with Gasteiger partial charge in [0.1, 0.15) is 11.3 Å². The molecule has 0 atom stereocenters. The van der Waals surface area contributed by atoms with Crippen LogP contribution in [0.3, 0.4) is 0 Å². The Morgan fingerprint density at radius 3 is 2.33 bits per heavy atom. The van der Waals surface area contributed by atoms with E-state index in [-0.39, 0.29) is 23.9 Å². The number of benzene rings is 2. The summed E-state index contributed by atoms with van der Waals surface area (Å²) >= 11 is 0. The number of carbonyl (C=O) groups is 3. The van der Waals surface area contributed by atoms with Gasteiger partial charge in [-0.25, -0.2) is 9.78 Å². The highest BCUT2D eigenvalue weighted by Crippen LogP contribution is 2.35. The summed E-state index contributed by atoms with van der Waals surface area (Å²) < 4.78 is 2.14. The van der Waals surface area contributed by atoms with Crippen molar-refractivity contribution in [3.63, 3.8) is 0 Å². The molecule has 2 aromatic carbocycles. The zero-order valence-electron chi connectivity index (χ0n) is 27.7. The fourth-order valence-corrected chi connectivity index (χ4v) is 7.05. The number of imide groups is 1. The molecular weight excluding hydrogens is 606 g/mol. The topological polar surface area (TPSA) is 119 Å². The number of piperazine rings is 1. The van der Waals surface area contributed by atoms with Crippen LogP contribution < -0.4 is 20.4 Å². The Morgan fingerprint density at radius 2 is 1.65 bits per heavy atom. The summed E-state index contributed by atoms with van der Waals surface area (Å²) in [6.07, 6.45) is 7.52. The first-order valence-electron chi connectivity index (χ1n) is 17.0. The van der Waals surface area contributed by atoms with Crippen molar-refractivity contribution < 1.29 is 14.4 Å². The largest absolute Gasteiger partial charge is 0.369 e. The molecule has 48 heavy (non-hydrogen) atoms. The van der Waals surface area contributed by atoms with Crippen LogP contribution >= 0.6 is 0 Å². The number of nitrogens with one attached hydrogen (secondary N) is 2. The van der Waals surface area contributed by atoms with Crippen LogP contribution in [0.5, 0.6) is 0 Å². The summed E-state index contributed by atoms with van der Waals surface area (Å²) in [6, 6.07) is 18.4. The molecule has 4 aromatic rings. The molecule has 3 fully saturated rings. The Morgan fingerprint density at radius 1 is 0.938 bits per heavy atom. The third-order valence-electron chi connectivity index (χ3n) is 9.77. The number of fused-ring (bicyclic) bond motifs is 1. The van der Waals surface area contributed by atoms with E-state index in [9.17, 15) is 14.4 Å². The second kappa shape index (κ2) is 13.6. The molecule has 2 aliphatic heterocycles. The van der Waals surface area contributed by atoms with Crippen molar-refractivity contribution in [1.29, 1.82) is 0 Å². The van der Waals surface area contributed by atoms with E-state index >= 15 is 0 Å². The summed E-state index contributed by atoms with van der Waals surface area (Å²) in [4.78, 5) is 54.2. The number of anilines is 4. The maximum Gasteiger partial charge on any atom is 0.328 e. The number of urea groups is 1. The number of carbonyl (C=O) groups excluding carboxylic acids is 3. The molecule has 250 valence electrons. The molecule has 0 radical (unpaired) electrons. The lowest BCUT2D eigenvalue weighted by Gasteiger charge is -2.36. The van der Waals surface area contributed by atoms with Gasteiger partial charge in [-0.05, 0) is 67.3 Å². The van der Waals surface area contributed by atoms with Crippen LogP contribution in [-0.2, 0) is 11.2 Å². The Kier molecular flexibility index (Phi) is 8.98. The highest BCUT2D eigenvalue weighted by atomic mass is 16.2. The van der Waals surface area contributed by atoms with Crippen molar-refractivity contribution in [3.05, 3.63) is 72.1 Å². The van der Waals surface area contributed by atoms with Crippen LogP contribution in [0, 0.1) is 0 Å². The van der Waals surface area contributed by atoms with Crippen molar-refractivity contribution in [2.24, 2.45) is 0 Å². The minimum atomic E-state index is -0.353. The second-order valence-electron chi connectivity index (χ2n) is 13.2. The van der Waals surface area contributed by atoms with E-state index in [1.165, 1.54) is 24.1 Å². The molecule has 3 aliphatic rings. The zero-order valence-corrected chi connectivity index (χ0v) is 27.7. The van der Waals surface area contributed by atoms with Gasteiger partial charge in [0.05, 0.1) is 0 Å². The molecule has 2 aromatic heterocycles. The van der Waals surface area contributed by atoms with Gasteiger partial charge < -0.3 is 19.7 Å². The minimum absolute atomic E-state index is 0.0114. The lowest BCUT2D eigenvalue weighted by atomic mass is 10.1. The van der Waals surface area contributed by atoms with Gasteiger partial charge in [0.25, 0.3) is 5.91 Å². The first-order chi connectivity index (χ1) is 23.3. The SMILES string of the molecule is CN(C)C(=O)c1cc2cnc(Nc3ccc(N4CCN(CCc5ccc(N6CCC(=O)NC6=O)cc5)CC4)cc3)nc2n1C1CCCC1. The van der Waals surface area contributed by atoms with Crippen LogP contribution in [0.2, 0.25) is 0 Å². The van der Waals surface area contributed by atoms with E-state index in [4.69, 9.17) is 4.98 Å². The van der Waals surface area contributed by atoms with Crippen molar-refractivity contribution in [3.8, 4) is 0 Å². The Balaban J connectivity index is 0.929. The Bertz CT molecular complexity index is 1790. The van der Waals surface area contributed by atoms with Gasteiger partial charge in [-0.1, -0.05) is 25.0 Å². The van der Waals surface area contributed by atoms with E-state index in [2.05, 4.69) is 66.4 Å². The molecule has 2 N–H and O–H groups in total. The predicted molar refractivity (Wildman–Crippen MR) is 187 cm³/mol. The average Bonchev–Trinajstić information content (AvgIpc) is 3.76. The van der Waals surface area contributed by atoms with Gasteiger partial charge in [0.15, 0.2) is 0 Å². The fraction of sp³-hybridized carbons (Fsp3) is 0.417. The lowest BCUT2D eigenvalue weighted by Crippen LogP contribution is -2.49. The third kappa shape index (κ3) is 6.70. The molecule has 4 amide bonds. The van der Waals surface area contributed by atoms with Gasteiger partial charge in [-0.2, -0.15) is 4.98 Å². The summed E-state index contributed by atoms with van der Waals surface area (Å²) in [6.45, 7) is 5.30. The zero-order chi connectivity index (χ0) is 33.2. The second-order valence-corrected chi connectivity index (χ2v) is 13.2. The fourth-order valence-electron chi connectivity index (χ4n) is 7.05. The number of hydrogen-bond donors (Lipinski definition) is 2. The highest BCUT2D eigenvalue weighted by Gasteiger charge is 2.27. The lowest BCUT2D eigenvalue weighted by molar-refractivity contribution is -0.120. The van der Waals surface area contributed by atoms with Crippen molar-refractivity contribution >= 4 is 51.9 Å². The smallest absolute Gasteiger partial charge is 0.328 e. The van der Waals surface area contributed by atoms with Crippen LogP contribution in [0.15, 0.2) is 60.8 Å². The molecule has 12 heteroatoms. The van der Waals surface area contributed by atoms with Gasteiger partial charge in [0.2, 0.25) is 11.9 Å². The van der Waals surface area contributed by atoms with Crippen LogP contribution in [0.4, 0.5) is 27.8 Å². The molecule has 1 aliphatic carbocycles. The van der Waals surface area contributed by atoms with Crippen molar-refractivity contribution in [2.75, 3.05) is 68.5 Å². The monoisotopic (exact) mass is 649 g/mol. The number of nitrogens with zero attached hydrogens (tertiary/aromatic N) is 7. The van der Waals surface area contributed by atoms with Gasteiger partial charge in [-0.3, -0.25) is 24.7 Å². The first kappa shape index (κ1) is 31.6. The molecule has 0 unspecified atom stereocenters. The molecule has 1 saturated carbocycles. The Hall–Kier alpha value is -4.97. The number of amides is 4. The maximum atomic E-state index is 13.0. The first-order valence-corrected chi connectivity index (χ1v) is 17.0. The summed E-state index contributed by atoms with van der Waals surface area (Å²) in [7, 11) is 3.58. The normalized spacial score (nSPS) is 17.6. The number of hydrogen-bond acceptors (Lipinski definition) is 8. The molecule has 2 saturated heterocycles. The number of rotatable bonds is 9. The molecular formula is C36H43N9O3. The molecule has 4 heterocycles. The number of aromatic nitrogens is 3. The summed E-state index contributed by atoms with van der Waals surface area (Å²) in [5.41, 5.74) is 5.64. The minimum Gasteiger partial charge on any atom is -0.369 e. The quantitative estimate of drug-likeness (QED) is 0.266. The van der Waals surface area contributed by atoms with E-state index in [0.29, 0.717) is 24.6 Å². The van der Waals surface area contributed by atoms with E-state index in [1.54, 1.807) is 23.9 Å². The van der Waals surface area contributed by atoms with E-state index < -0.39 is 0 Å². The molecule has 0 spiro atoms. The van der Waals surface area contributed by atoms with Crippen LogP contribution in [0.25, 0.3) is 11.0 Å².